The molecular formula is C11H5Cl4NO. The quantitative estimate of drug-likeness (QED) is 0.764. The minimum atomic E-state index is -0.383. The number of halogens is 4. The number of aromatic amines is 1. The van der Waals surface area contributed by atoms with Crippen LogP contribution in [0.15, 0.2) is 29.2 Å². The zero-order valence-corrected chi connectivity index (χ0v) is 11.3. The molecule has 0 aliphatic heterocycles. The molecule has 0 amide bonds. The summed E-state index contributed by atoms with van der Waals surface area (Å²) in [6, 6.07) is 4.74. The molecule has 0 unspecified atom stereocenters. The van der Waals surface area contributed by atoms with Gasteiger partial charge in [0, 0.05) is 17.3 Å². The second-order valence-corrected chi connectivity index (χ2v) is 4.88. The molecule has 0 bridgehead atoms. The van der Waals surface area contributed by atoms with Gasteiger partial charge in [-0.2, -0.15) is 0 Å². The Morgan fingerprint density at radius 1 is 0.882 bits per heavy atom. The Kier molecular flexibility index (Phi) is 3.69. The van der Waals surface area contributed by atoms with E-state index in [1.165, 1.54) is 12.3 Å². The van der Waals surface area contributed by atoms with Crippen molar-refractivity contribution in [1.82, 2.24) is 4.98 Å². The van der Waals surface area contributed by atoms with Crippen LogP contribution in [0.4, 0.5) is 0 Å². The van der Waals surface area contributed by atoms with Crippen LogP contribution in [0, 0.1) is 0 Å². The first-order valence-corrected chi connectivity index (χ1v) is 6.04. The Bertz CT molecular complexity index is 636. The Morgan fingerprint density at radius 3 is 2.24 bits per heavy atom. The van der Waals surface area contributed by atoms with Crippen LogP contribution >= 0.6 is 46.4 Å². The number of pyridine rings is 1. The molecule has 0 atom stereocenters. The summed E-state index contributed by atoms with van der Waals surface area (Å²) in [6.45, 7) is 0. The zero-order chi connectivity index (χ0) is 12.6. The predicted octanol–water partition coefficient (Wildman–Crippen LogP) is 4.66. The highest BCUT2D eigenvalue weighted by Crippen LogP contribution is 2.36. The number of hydrogen-bond acceptors (Lipinski definition) is 1. The van der Waals surface area contributed by atoms with Crippen molar-refractivity contribution in [2.24, 2.45) is 0 Å². The molecule has 0 saturated heterocycles. The number of aromatic nitrogens is 1. The van der Waals surface area contributed by atoms with Crippen LogP contribution in [0.2, 0.25) is 20.1 Å². The molecular weight excluding hydrogens is 304 g/mol. The molecule has 88 valence electrons. The van der Waals surface area contributed by atoms with Crippen LogP contribution in [0.1, 0.15) is 0 Å². The number of benzene rings is 1. The van der Waals surface area contributed by atoms with Crippen molar-refractivity contribution in [2.75, 3.05) is 0 Å². The van der Waals surface area contributed by atoms with Crippen LogP contribution in [-0.2, 0) is 0 Å². The molecule has 0 aliphatic rings. The van der Waals surface area contributed by atoms with Gasteiger partial charge >= 0.3 is 0 Å². The van der Waals surface area contributed by atoms with Crippen molar-refractivity contribution < 1.29 is 0 Å². The predicted molar refractivity (Wildman–Crippen MR) is 72.5 cm³/mol. The van der Waals surface area contributed by atoms with Gasteiger partial charge in [-0.15, -0.1) is 0 Å². The van der Waals surface area contributed by atoms with E-state index in [2.05, 4.69) is 4.98 Å². The summed E-state index contributed by atoms with van der Waals surface area (Å²) in [5.74, 6) is 0. The van der Waals surface area contributed by atoms with E-state index in [-0.39, 0.29) is 10.6 Å². The third kappa shape index (κ3) is 2.45. The maximum Gasteiger partial charge on any atom is 0.267 e. The summed E-state index contributed by atoms with van der Waals surface area (Å²) in [5.41, 5.74) is 0.697. The Labute approximate surface area is 117 Å². The Morgan fingerprint density at radius 2 is 1.53 bits per heavy atom. The van der Waals surface area contributed by atoms with Crippen LogP contribution in [0.3, 0.4) is 0 Å². The molecule has 6 heteroatoms. The lowest BCUT2D eigenvalue weighted by Gasteiger charge is -2.07. The van der Waals surface area contributed by atoms with E-state index in [0.717, 1.165) is 0 Å². The van der Waals surface area contributed by atoms with Gasteiger partial charge < -0.3 is 4.98 Å². The number of nitrogens with one attached hydrogen (secondary N) is 1. The third-order valence-corrected chi connectivity index (χ3v) is 3.61. The van der Waals surface area contributed by atoms with Gasteiger partial charge in [0.1, 0.15) is 5.02 Å². The lowest BCUT2D eigenvalue weighted by atomic mass is 10.1. The summed E-state index contributed by atoms with van der Waals surface area (Å²) in [5, 5.41) is 1.14. The van der Waals surface area contributed by atoms with Crippen molar-refractivity contribution in [2.45, 2.75) is 0 Å². The highest BCUT2D eigenvalue weighted by molar-refractivity contribution is 6.44. The van der Waals surface area contributed by atoms with E-state index >= 15 is 0 Å². The van der Waals surface area contributed by atoms with Crippen molar-refractivity contribution in [3.63, 3.8) is 0 Å². The van der Waals surface area contributed by atoms with Gasteiger partial charge in [-0.1, -0.05) is 46.4 Å². The molecule has 0 saturated carbocycles. The van der Waals surface area contributed by atoms with Gasteiger partial charge in [0.15, 0.2) is 0 Å². The minimum absolute atomic E-state index is 0.0628. The molecule has 2 aromatic rings. The molecule has 0 aliphatic carbocycles. The monoisotopic (exact) mass is 307 g/mol. The molecule has 1 N–H and O–H groups in total. The molecule has 0 radical (unpaired) electrons. The van der Waals surface area contributed by atoms with Crippen molar-refractivity contribution in [3.8, 4) is 11.1 Å². The summed E-state index contributed by atoms with van der Waals surface area (Å²) in [6.07, 6.45) is 1.49. The molecule has 2 nitrogen and oxygen atoms in total. The maximum atomic E-state index is 11.4. The largest absolute Gasteiger partial charge is 0.328 e. The zero-order valence-electron chi connectivity index (χ0n) is 8.23. The van der Waals surface area contributed by atoms with Crippen LogP contribution in [0.25, 0.3) is 11.1 Å². The third-order valence-electron chi connectivity index (χ3n) is 2.20. The second kappa shape index (κ2) is 4.91. The van der Waals surface area contributed by atoms with E-state index in [1.54, 1.807) is 12.1 Å². The average Bonchev–Trinajstić information content (AvgIpc) is 2.28. The lowest BCUT2D eigenvalue weighted by Crippen LogP contribution is -2.05. The lowest BCUT2D eigenvalue weighted by molar-refractivity contribution is 1.24. The average molecular weight is 309 g/mol. The van der Waals surface area contributed by atoms with Crippen molar-refractivity contribution >= 4 is 46.4 Å². The number of H-pyrrole nitrogens is 1. The van der Waals surface area contributed by atoms with Gasteiger partial charge in [0.2, 0.25) is 0 Å². The Hall–Kier alpha value is -0.670. The van der Waals surface area contributed by atoms with E-state index in [9.17, 15) is 4.79 Å². The fourth-order valence-electron chi connectivity index (χ4n) is 1.40. The molecule has 1 heterocycles. The maximum absolute atomic E-state index is 11.4. The van der Waals surface area contributed by atoms with Crippen LogP contribution in [0.5, 0.6) is 0 Å². The fraction of sp³-hybridized carbons (Fsp3) is 0. The second-order valence-electron chi connectivity index (χ2n) is 3.28. The summed E-state index contributed by atoms with van der Waals surface area (Å²) in [7, 11) is 0. The standard InChI is InChI=1S/C11H5Cl4NO/c12-7-4-9(14)8(13)3-6(7)5-1-2-16-11(17)10(5)15/h1-4H,(H,16,17). The first kappa shape index (κ1) is 12.8. The van der Waals surface area contributed by atoms with Gasteiger partial charge in [-0.25, -0.2) is 0 Å². The summed E-state index contributed by atoms with van der Waals surface area (Å²) >= 11 is 23.7. The highest BCUT2D eigenvalue weighted by Gasteiger charge is 2.12. The van der Waals surface area contributed by atoms with Gasteiger partial charge in [0.25, 0.3) is 5.56 Å². The highest BCUT2D eigenvalue weighted by atomic mass is 35.5. The SMILES string of the molecule is O=c1[nH]ccc(-c2cc(Cl)c(Cl)cc2Cl)c1Cl. The first-order chi connectivity index (χ1) is 8.00. The van der Waals surface area contributed by atoms with Crippen molar-refractivity contribution in [1.29, 1.82) is 0 Å². The van der Waals surface area contributed by atoms with E-state index < -0.39 is 0 Å². The summed E-state index contributed by atoms with van der Waals surface area (Å²) < 4.78 is 0. The van der Waals surface area contributed by atoms with Gasteiger partial charge in [-0.3, -0.25) is 4.79 Å². The number of hydrogen-bond donors (Lipinski definition) is 1. The van der Waals surface area contributed by atoms with Crippen LogP contribution in [-0.4, -0.2) is 4.98 Å². The molecule has 17 heavy (non-hydrogen) atoms. The molecule has 2 rings (SSSR count). The van der Waals surface area contributed by atoms with Crippen LogP contribution < -0.4 is 5.56 Å². The number of rotatable bonds is 1. The minimum Gasteiger partial charge on any atom is -0.328 e. The summed E-state index contributed by atoms with van der Waals surface area (Å²) in [4.78, 5) is 13.9. The molecule has 1 aromatic carbocycles. The molecule has 0 fully saturated rings. The van der Waals surface area contributed by atoms with E-state index in [0.29, 0.717) is 26.2 Å². The molecule has 1 aromatic heterocycles. The smallest absolute Gasteiger partial charge is 0.267 e. The van der Waals surface area contributed by atoms with Gasteiger partial charge in [0.05, 0.1) is 15.1 Å². The Balaban J connectivity index is 2.73. The van der Waals surface area contributed by atoms with Crippen molar-refractivity contribution in [3.05, 3.63) is 54.8 Å². The molecule has 0 spiro atoms. The first-order valence-electron chi connectivity index (χ1n) is 4.53. The topological polar surface area (TPSA) is 32.9 Å². The fourth-order valence-corrected chi connectivity index (χ4v) is 2.26. The van der Waals surface area contributed by atoms with E-state index in [1.807, 2.05) is 0 Å². The van der Waals surface area contributed by atoms with Gasteiger partial charge in [-0.05, 0) is 18.2 Å². The normalized spacial score (nSPS) is 10.6. The van der Waals surface area contributed by atoms with E-state index in [4.69, 9.17) is 46.4 Å².